The van der Waals surface area contributed by atoms with Crippen molar-refractivity contribution in [2.24, 2.45) is 5.73 Å². The molecule has 17 heavy (non-hydrogen) atoms. The van der Waals surface area contributed by atoms with E-state index in [1.807, 2.05) is 0 Å². The van der Waals surface area contributed by atoms with Gasteiger partial charge < -0.3 is 15.7 Å². The number of nitrogens with two attached hydrogens (primary N) is 1. The third-order valence-corrected chi connectivity index (χ3v) is 4.41. The molecule has 0 aliphatic carbocycles. The first-order chi connectivity index (χ1) is 8.35. The van der Waals surface area contributed by atoms with E-state index in [2.05, 4.69) is 9.80 Å². The zero-order valence-electron chi connectivity index (χ0n) is 10.9. The number of rotatable bonds is 4. The summed E-state index contributed by atoms with van der Waals surface area (Å²) in [5, 5.41) is 9.26. The summed E-state index contributed by atoms with van der Waals surface area (Å²) in [4.78, 5) is 5.04. The van der Waals surface area contributed by atoms with Gasteiger partial charge in [0.2, 0.25) is 0 Å². The van der Waals surface area contributed by atoms with Crippen molar-refractivity contribution in [3.05, 3.63) is 0 Å². The van der Waals surface area contributed by atoms with Crippen LogP contribution in [0, 0.1) is 0 Å². The molecule has 0 spiro atoms. The molecule has 2 aliphatic heterocycles. The third kappa shape index (κ3) is 3.41. The molecule has 4 nitrogen and oxygen atoms in total. The van der Waals surface area contributed by atoms with Crippen LogP contribution in [0.25, 0.3) is 0 Å². The highest BCUT2D eigenvalue weighted by molar-refractivity contribution is 4.84. The second-order valence-electron chi connectivity index (χ2n) is 5.44. The van der Waals surface area contributed by atoms with Crippen molar-refractivity contribution in [3.63, 3.8) is 0 Å². The zero-order valence-corrected chi connectivity index (χ0v) is 10.9. The van der Waals surface area contributed by atoms with Gasteiger partial charge in [-0.25, -0.2) is 0 Å². The Morgan fingerprint density at radius 3 is 2.24 bits per heavy atom. The molecule has 0 amide bonds. The minimum absolute atomic E-state index is 0.178. The van der Waals surface area contributed by atoms with Gasteiger partial charge in [-0.15, -0.1) is 0 Å². The Labute approximate surface area is 105 Å². The molecular formula is C13H27N3O. The summed E-state index contributed by atoms with van der Waals surface area (Å²) in [7, 11) is 0. The fraction of sp³-hybridized carbons (Fsp3) is 1.00. The van der Waals surface area contributed by atoms with Gasteiger partial charge >= 0.3 is 0 Å². The van der Waals surface area contributed by atoms with Gasteiger partial charge in [0.05, 0.1) is 6.61 Å². The number of aliphatic hydroxyl groups excluding tert-OH is 1. The topological polar surface area (TPSA) is 52.7 Å². The van der Waals surface area contributed by atoms with Crippen molar-refractivity contribution >= 4 is 0 Å². The summed E-state index contributed by atoms with van der Waals surface area (Å²) in [5.41, 5.74) is 5.68. The zero-order chi connectivity index (χ0) is 12.1. The van der Waals surface area contributed by atoms with Crippen molar-refractivity contribution < 1.29 is 5.11 Å². The van der Waals surface area contributed by atoms with Crippen LogP contribution in [0.3, 0.4) is 0 Å². The fourth-order valence-corrected chi connectivity index (χ4v) is 3.24. The monoisotopic (exact) mass is 241 g/mol. The quantitative estimate of drug-likeness (QED) is 0.741. The van der Waals surface area contributed by atoms with Crippen LogP contribution in [0.15, 0.2) is 0 Å². The molecule has 2 rings (SSSR count). The predicted octanol–water partition coefficient (Wildman–Crippen LogP) is 0.256. The number of nitrogens with zero attached hydrogens (tertiary/aromatic N) is 2. The maximum Gasteiger partial charge on any atom is 0.0599 e. The highest BCUT2D eigenvalue weighted by atomic mass is 16.3. The standard InChI is InChI=1S/C13H27N3O/c14-10-13(11-17)16-8-4-12(5-9-16)15-6-2-1-3-7-15/h12-13,17H,1-11,14H2. The molecule has 0 aromatic carbocycles. The van der Waals surface area contributed by atoms with Gasteiger partial charge in [0.25, 0.3) is 0 Å². The molecule has 0 saturated carbocycles. The second kappa shape index (κ2) is 6.69. The Morgan fingerprint density at radius 1 is 1.06 bits per heavy atom. The highest BCUT2D eigenvalue weighted by Gasteiger charge is 2.27. The highest BCUT2D eigenvalue weighted by Crippen LogP contribution is 2.21. The van der Waals surface area contributed by atoms with Gasteiger partial charge in [-0.2, -0.15) is 0 Å². The number of likely N-dealkylation sites (tertiary alicyclic amines) is 2. The largest absolute Gasteiger partial charge is 0.395 e. The van der Waals surface area contributed by atoms with E-state index < -0.39 is 0 Å². The van der Waals surface area contributed by atoms with Gasteiger partial charge in [0, 0.05) is 31.7 Å². The summed E-state index contributed by atoms with van der Waals surface area (Å²) in [6.07, 6.45) is 6.66. The van der Waals surface area contributed by atoms with Crippen LogP contribution in [0.5, 0.6) is 0 Å². The molecule has 0 radical (unpaired) electrons. The molecule has 0 aromatic heterocycles. The van der Waals surface area contributed by atoms with Gasteiger partial charge in [0.15, 0.2) is 0 Å². The first-order valence-electron chi connectivity index (χ1n) is 7.14. The summed E-state index contributed by atoms with van der Waals surface area (Å²) in [5.74, 6) is 0. The molecule has 2 aliphatic rings. The molecule has 2 fully saturated rings. The number of hydrogen-bond donors (Lipinski definition) is 2. The van der Waals surface area contributed by atoms with Gasteiger partial charge in [-0.05, 0) is 38.8 Å². The predicted molar refractivity (Wildman–Crippen MR) is 69.9 cm³/mol. The lowest BCUT2D eigenvalue weighted by Gasteiger charge is -2.42. The molecule has 1 unspecified atom stereocenters. The molecule has 100 valence electrons. The Kier molecular flexibility index (Phi) is 5.22. The van der Waals surface area contributed by atoms with Gasteiger partial charge in [-0.3, -0.25) is 4.90 Å². The Morgan fingerprint density at radius 2 is 1.71 bits per heavy atom. The lowest BCUT2D eigenvalue weighted by molar-refractivity contribution is 0.0554. The van der Waals surface area contributed by atoms with E-state index in [0.717, 1.165) is 19.1 Å². The smallest absolute Gasteiger partial charge is 0.0599 e. The molecular weight excluding hydrogens is 214 g/mol. The van der Waals surface area contributed by atoms with Crippen molar-refractivity contribution in [1.29, 1.82) is 0 Å². The SMILES string of the molecule is NCC(CO)N1CCC(N2CCCCC2)CC1. The van der Waals surface area contributed by atoms with Crippen LogP contribution in [0.2, 0.25) is 0 Å². The Bertz CT molecular complexity index is 207. The summed E-state index contributed by atoms with van der Waals surface area (Å²) < 4.78 is 0. The first kappa shape index (κ1) is 13.3. The van der Waals surface area contributed by atoms with Crippen molar-refractivity contribution in [3.8, 4) is 0 Å². The molecule has 3 N–H and O–H groups in total. The van der Waals surface area contributed by atoms with Crippen LogP contribution in [0.4, 0.5) is 0 Å². The molecule has 2 saturated heterocycles. The van der Waals surface area contributed by atoms with E-state index in [0.29, 0.717) is 6.54 Å². The Balaban J connectivity index is 1.76. The maximum absolute atomic E-state index is 9.26. The van der Waals surface area contributed by atoms with E-state index in [9.17, 15) is 5.11 Å². The normalized spacial score (nSPS) is 27.2. The van der Waals surface area contributed by atoms with Crippen LogP contribution in [-0.2, 0) is 0 Å². The molecule has 1 atom stereocenters. The number of aliphatic hydroxyl groups is 1. The van der Waals surface area contributed by atoms with E-state index in [4.69, 9.17) is 5.73 Å². The van der Waals surface area contributed by atoms with E-state index >= 15 is 0 Å². The van der Waals surface area contributed by atoms with E-state index in [1.165, 1.54) is 45.2 Å². The lowest BCUT2D eigenvalue weighted by atomic mass is 9.99. The van der Waals surface area contributed by atoms with Crippen LogP contribution >= 0.6 is 0 Å². The van der Waals surface area contributed by atoms with E-state index in [1.54, 1.807) is 0 Å². The van der Waals surface area contributed by atoms with Crippen LogP contribution in [-0.4, -0.2) is 66.3 Å². The maximum atomic E-state index is 9.26. The minimum atomic E-state index is 0.178. The third-order valence-electron chi connectivity index (χ3n) is 4.41. The average molecular weight is 241 g/mol. The summed E-state index contributed by atoms with van der Waals surface area (Å²) in [6, 6.07) is 0.959. The van der Waals surface area contributed by atoms with Gasteiger partial charge in [-0.1, -0.05) is 6.42 Å². The summed E-state index contributed by atoms with van der Waals surface area (Å²) >= 11 is 0. The molecule has 0 aromatic rings. The fourth-order valence-electron chi connectivity index (χ4n) is 3.24. The summed E-state index contributed by atoms with van der Waals surface area (Å²) in [6.45, 7) is 5.57. The van der Waals surface area contributed by atoms with Gasteiger partial charge in [0.1, 0.15) is 0 Å². The first-order valence-corrected chi connectivity index (χ1v) is 7.14. The van der Waals surface area contributed by atoms with Crippen LogP contribution < -0.4 is 5.73 Å². The minimum Gasteiger partial charge on any atom is -0.395 e. The lowest BCUT2D eigenvalue weighted by Crippen LogP contribution is -2.52. The average Bonchev–Trinajstić information content (AvgIpc) is 2.42. The molecule has 4 heteroatoms. The van der Waals surface area contributed by atoms with Crippen molar-refractivity contribution in [2.75, 3.05) is 39.3 Å². The molecule has 2 heterocycles. The Hall–Kier alpha value is -0.160. The van der Waals surface area contributed by atoms with Crippen molar-refractivity contribution in [2.45, 2.75) is 44.2 Å². The van der Waals surface area contributed by atoms with Crippen molar-refractivity contribution in [1.82, 2.24) is 9.80 Å². The second-order valence-corrected chi connectivity index (χ2v) is 5.44. The van der Waals surface area contributed by atoms with Crippen LogP contribution in [0.1, 0.15) is 32.1 Å². The molecule has 0 bridgehead atoms. The van der Waals surface area contributed by atoms with E-state index in [-0.39, 0.29) is 12.6 Å². The number of piperidine rings is 2. The number of hydrogen-bond acceptors (Lipinski definition) is 4.